The standard InChI is InChI=1S/C12H10F3NO2/c13-12(14,15)9(5-11(17)18)8-6-16-10-4-2-1-3-7(8)10/h1-4,9H,5-6H2,(H,17,18)/t9-/m0/s1. The van der Waals surface area contributed by atoms with Gasteiger partial charge in [0, 0.05) is 5.22 Å². The molecule has 0 unspecified atom stereocenters. The molecule has 1 aliphatic heterocycles. The minimum atomic E-state index is -4.57. The van der Waals surface area contributed by atoms with Crippen LogP contribution in [0.25, 0.3) is 5.57 Å². The molecule has 0 radical (unpaired) electrons. The van der Waals surface area contributed by atoms with Crippen LogP contribution in [-0.4, -0.2) is 23.8 Å². The fraction of sp³-hybridized carbons (Fsp3) is 0.333. The quantitative estimate of drug-likeness (QED) is 0.882. The second-order valence-electron chi connectivity index (χ2n) is 4.05. The Labute approximate surface area is 100 Å². The molecule has 0 bridgehead atoms. The minimum Gasteiger partial charge on any atom is -0.481 e. The van der Waals surface area contributed by atoms with E-state index >= 15 is 0 Å². The summed E-state index contributed by atoms with van der Waals surface area (Å²) < 4.78 is 38.7. The topological polar surface area (TPSA) is 49.7 Å². The molecule has 1 heterocycles. The number of carboxylic acid groups (broad SMARTS) is 1. The molecule has 1 atom stereocenters. The van der Waals surface area contributed by atoms with Crippen LogP contribution < -0.4 is 10.6 Å². The molecule has 1 aromatic rings. The maximum atomic E-state index is 12.9. The lowest BCUT2D eigenvalue weighted by Crippen LogP contribution is -2.32. The van der Waals surface area contributed by atoms with E-state index in [0.717, 1.165) is 0 Å². The maximum Gasteiger partial charge on any atom is 0.396 e. The lowest BCUT2D eigenvalue weighted by atomic mass is 9.93. The van der Waals surface area contributed by atoms with E-state index in [9.17, 15) is 18.0 Å². The van der Waals surface area contributed by atoms with Crippen LogP contribution in [-0.2, 0) is 4.79 Å². The number of alkyl halides is 3. The monoisotopic (exact) mass is 257 g/mol. The number of halogens is 3. The molecule has 1 aromatic carbocycles. The van der Waals surface area contributed by atoms with Gasteiger partial charge in [-0.2, -0.15) is 13.2 Å². The Morgan fingerprint density at radius 1 is 1.39 bits per heavy atom. The van der Waals surface area contributed by atoms with Gasteiger partial charge in [0.05, 0.1) is 24.2 Å². The lowest BCUT2D eigenvalue weighted by molar-refractivity contribution is -0.169. The second-order valence-corrected chi connectivity index (χ2v) is 4.05. The predicted octanol–water partition coefficient (Wildman–Crippen LogP) is 1.12. The summed E-state index contributed by atoms with van der Waals surface area (Å²) >= 11 is 0. The van der Waals surface area contributed by atoms with Crippen molar-refractivity contribution in [2.45, 2.75) is 12.6 Å². The molecule has 6 heteroatoms. The van der Waals surface area contributed by atoms with Crippen LogP contribution in [0.3, 0.4) is 0 Å². The largest absolute Gasteiger partial charge is 0.481 e. The Morgan fingerprint density at radius 2 is 2.06 bits per heavy atom. The van der Waals surface area contributed by atoms with E-state index in [4.69, 9.17) is 5.11 Å². The average Bonchev–Trinajstić information content (AvgIpc) is 2.67. The number of rotatable bonds is 3. The number of benzene rings is 1. The molecule has 0 fully saturated rings. The number of nitrogens with zero attached hydrogens (tertiary/aromatic N) is 1. The number of hydrogen-bond donors (Lipinski definition) is 1. The van der Waals surface area contributed by atoms with Gasteiger partial charge in [-0.3, -0.25) is 9.79 Å². The van der Waals surface area contributed by atoms with Gasteiger partial charge in [-0.25, -0.2) is 0 Å². The number of carboxylic acids is 1. The zero-order valence-electron chi connectivity index (χ0n) is 9.24. The lowest BCUT2D eigenvalue weighted by Gasteiger charge is -2.19. The van der Waals surface area contributed by atoms with Crippen molar-refractivity contribution in [1.29, 1.82) is 0 Å². The fourth-order valence-corrected chi connectivity index (χ4v) is 2.05. The van der Waals surface area contributed by atoms with Crippen LogP contribution in [0, 0.1) is 5.92 Å². The van der Waals surface area contributed by atoms with Crippen LogP contribution >= 0.6 is 0 Å². The minimum absolute atomic E-state index is 0.0421. The van der Waals surface area contributed by atoms with E-state index in [1.54, 1.807) is 24.3 Å². The molecule has 0 spiro atoms. The molecular weight excluding hydrogens is 247 g/mol. The summed E-state index contributed by atoms with van der Waals surface area (Å²) in [6.45, 7) is -0.0865. The molecule has 0 saturated heterocycles. The van der Waals surface area contributed by atoms with Crippen LogP contribution in [0.15, 0.2) is 29.3 Å². The van der Waals surface area contributed by atoms with Crippen LogP contribution in [0.1, 0.15) is 6.42 Å². The van der Waals surface area contributed by atoms with Gasteiger partial charge in [0.2, 0.25) is 0 Å². The highest BCUT2D eigenvalue weighted by atomic mass is 19.4. The van der Waals surface area contributed by atoms with Gasteiger partial charge in [0.25, 0.3) is 0 Å². The Balaban J connectivity index is 2.53. The van der Waals surface area contributed by atoms with Gasteiger partial charge in [-0.05, 0) is 11.6 Å². The van der Waals surface area contributed by atoms with Gasteiger partial charge >= 0.3 is 12.1 Å². The Kier molecular flexibility index (Phi) is 3.11. The van der Waals surface area contributed by atoms with E-state index in [-0.39, 0.29) is 12.1 Å². The first-order valence-electron chi connectivity index (χ1n) is 5.30. The smallest absolute Gasteiger partial charge is 0.396 e. The molecule has 0 saturated carbocycles. The van der Waals surface area contributed by atoms with Crippen molar-refractivity contribution >= 4 is 11.5 Å². The number of carbonyl (C=O) groups is 1. The van der Waals surface area contributed by atoms with Crippen molar-refractivity contribution in [3.8, 4) is 0 Å². The van der Waals surface area contributed by atoms with E-state index in [1.165, 1.54) is 0 Å². The van der Waals surface area contributed by atoms with Gasteiger partial charge in [-0.1, -0.05) is 18.2 Å². The number of fused-ring (bicyclic) bond motifs is 1. The SMILES string of the molecule is O=C(O)C[C@@H](C1=c2ccccc2=NC1)C(F)(F)F. The van der Waals surface area contributed by atoms with Crippen molar-refractivity contribution < 1.29 is 23.1 Å². The summed E-state index contributed by atoms with van der Waals surface area (Å²) in [6, 6.07) is 6.47. The predicted molar refractivity (Wildman–Crippen MR) is 57.3 cm³/mol. The van der Waals surface area contributed by atoms with Gasteiger partial charge in [-0.15, -0.1) is 0 Å². The Hall–Kier alpha value is -1.85. The molecule has 96 valence electrons. The highest BCUT2D eigenvalue weighted by molar-refractivity contribution is 5.70. The molecule has 3 nitrogen and oxygen atoms in total. The zero-order valence-corrected chi connectivity index (χ0v) is 9.24. The molecule has 2 rings (SSSR count). The molecule has 0 aliphatic carbocycles. The van der Waals surface area contributed by atoms with E-state index in [1.807, 2.05) is 0 Å². The van der Waals surface area contributed by atoms with Crippen molar-refractivity contribution in [3.05, 3.63) is 34.8 Å². The Bertz CT molecular complexity index is 592. The Morgan fingerprint density at radius 3 is 2.67 bits per heavy atom. The third kappa shape index (κ3) is 2.37. The number of para-hydroxylation sites is 1. The third-order valence-electron chi connectivity index (χ3n) is 2.86. The van der Waals surface area contributed by atoms with E-state index in [0.29, 0.717) is 10.6 Å². The number of aliphatic carboxylic acids is 1. The second kappa shape index (κ2) is 4.44. The summed E-state index contributed by atoms with van der Waals surface area (Å²) in [5, 5.41) is 9.51. The summed E-state index contributed by atoms with van der Waals surface area (Å²) in [5.74, 6) is -3.43. The molecule has 18 heavy (non-hydrogen) atoms. The first kappa shape index (κ1) is 12.6. The molecule has 0 amide bonds. The van der Waals surface area contributed by atoms with Gasteiger partial charge < -0.3 is 5.11 Å². The van der Waals surface area contributed by atoms with E-state index in [2.05, 4.69) is 4.99 Å². The summed E-state index contributed by atoms with van der Waals surface area (Å²) in [5.41, 5.74) is 0.0421. The molecule has 1 N–H and O–H groups in total. The van der Waals surface area contributed by atoms with Gasteiger partial charge in [0.1, 0.15) is 0 Å². The normalized spacial score (nSPS) is 16.1. The summed E-state index contributed by atoms with van der Waals surface area (Å²) in [7, 11) is 0. The average molecular weight is 257 g/mol. The van der Waals surface area contributed by atoms with Crippen LogP contribution in [0.2, 0.25) is 0 Å². The third-order valence-corrected chi connectivity index (χ3v) is 2.86. The van der Waals surface area contributed by atoms with E-state index < -0.39 is 24.5 Å². The van der Waals surface area contributed by atoms with Crippen molar-refractivity contribution in [3.63, 3.8) is 0 Å². The molecular formula is C12H10F3NO2. The molecule has 1 aliphatic rings. The molecule has 0 aromatic heterocycles. The summed E-state index contributed by atoms with van der Waals surface area (Å²) in [6.07, 6.45) is -5.52. The first-order chi connectivity index (χ1) is 8.39. The zero-order chi connectivity index (χ0) is 13.3. The summed E-state index contributed by atoms with van der Waals surface area (Å²) in [4.78, 5) is 14.6. The van der Waals surface area contributed by atoms with Crippen LogP contribution in [0.5, 0.6) is 0 Å². The highest BCUT2D eigenvalue weighted by Crippen LogP contribution is 2.35. The first-order valence-corrected chi connectivity index (χ1v) is 5.30. The van der Waals surface area contributed by atoms with Crippen molar-refractivity contribution in [2.75, 3.05) is 6.54 Å². The highest BCUT2D eigenvalue weighted by Gasteiger charge is 2.43. The maximum absolute atomic E-state index is 12.9. The van der Waals surface area contributed by atoms with Crippen LogP contribution in [0.4, 0.5) is 13.2 Å². The van der Waals surface area contributed by atoms with Crippen molar-refractivity contribution in [1.82, 2.24) is 0 Å². The van der Waals surface area contributed by atoms with Crippen molar-refractivity contribution in [2.24, 2.45) is 10.9 Å². The fourth-order valence-electron chi connectivity index (χ4n) is 2.05. The van der Waals surface area contributed by atoms with Gasteiger partial charge in [0.15, 0.2) is 0 Å². The number of hydrogen-bond acceptors (Lipinski definition) is 2.